The average Bonchev–Trinajstić information content (AvgIpc) is 2.63. The molecule has 0 N–H and O–H groups in total. The first-order valence-corrected chi connectivity index (χ1v) is 9.98. The molecule has 138 valence electrons. The number of hydrogen-bond donors (Lipinski definition) is 0. The number of hydrogen-bond acceptors (Lipinski definition) is 2. The topological polar surface area (TPSA) is 21.6 Å². The van der Waals surface area contributed by atoms with Gasteiger partial charge in [-0.2, -0.15) is 0 Å². The van der Waals surface area contributed by atoms with Crippen molar-refractivity contribution in [3.63, 3.8) is 0 Å². The maximum absolute atomic E-state index is 13.1. The normalized spacial score (nSPS) is 11.1. The third-order valence-corrected chi connectivity index (χ3v) is 5.09. The van der Waals surface area contributed by atoms with Crippen LogP contribution in [0.25, 0.3) is 0 Å². The molecule has 3 rings (SSSR count). The predicted molar refractivity (Wildman–Crippen MR) is 116 cm³/mol. The molecular formula is C22H18Br2FNO. The SMILES string of the molecule is Cc1ccc(C)c(N=Cc2cc(Br)cc(Br)c2OCc2ccc(F)cc2)c1. The summed E-state index contributed by atoms with van der Waals surface area (Å²) in [5.41, 5.74) is 4.94. The molecule has 0 saturated heterocycles. The minimum absolute atomic E-state index is 0.259. The fraction of sp³-hybridized carbons (Fsp3) is 0.136. The molecule has 27 heavy (non-hydrogen) atoms. The monoisotopic (exact) mass is 489 g/mol. The molecule has 3 aromatic rings. The Morgan fingerprint density at radius 1 is 1.00 bits per heavy atom. The van der Waals surface area contributed by atoms with Gasteiger partial charge in [0.2, 0.25) is 0 Å². The Morgan fingerprint density at radius 3 is 2.48 bits per heavy atom. The molecule has 0 heterocycles. The molecule has 0 aromatic heterocycles. The number of aryl methyl sites for hydroxylation is 2. The van der Waals surface area contributed by atoms with Gasteiger partial charge in [0, 0.05) is 16.3 Å². The first-order valence-electron chi connectivity index (χ1n) is 8.40. The van der Waals surface area contributed by atoms with Crippen molar-refractivity contribution in [2.45, 2.75) is 20.5 Å². The molecule has 0 spiro atoms. The average molecular weight is 491 g/mol. The predicted octanol–water partition coefficient (Wildman–Crippen LogP) is 7.30. The standard InChI is InChI=1S/C22H18Br2FNO/c1-14-3-4-15(2)21(9-14)26-12-17-10-18(23)11-20(24)22(17)27-13-16-5-7-19(25)8-6-16/h3-12H,13H2,1-2H3. The second-order valence-electron chi connectivity index (χ2n) is 6.27. The summed E-state index contributed by atoms with van der Waals surface area (Å²) in [5.74, 6) is 0.432. The van der Waals surface area contributed by atoms with E-state index in [1.165, 1.54) is 12.1 Å². The zero-order chi connectivity index (χ0) is 19.4. The summed E-state index contributed by atoms with van der Waals surface area (Å²) in [6.07, 6.45) is 1.80. The van der Waals surface area contributed by atoms with Crippen molar-refractivity contribution in [3.05, 3.63) is 91.6 Å². The van der Waals surface area contributed by atoms with Gasteiger partial charge in [-0.05, 0) is 76.8 Å². The van der Waals surface area contributed by atoms with Crippen molar-refractivity contribution in [2.24, 2.45) is 4.99 Å². The summed E-state index contributed by atoms with van der Waals surface area (Å²) in [4.78, 5) is 4.65. The molecule has 0 amide bonds. The van der Waals surface area contributed by atoms with Gasteiger partial charge in [0.05, 0.1) is 10.2 Å². The zero-order valence-corrected chi connectivity index (χ0v) is 18.1. The quantitative estimate of drug-likeness (QED) is 0.344. The summed E-state index contributed by atoms with van der Waals surface area (Å²) < 4.78 is 20.8. The highest BCUT2D eigenvalue weighted by Crippen LogP contribution is 2.33. The molecule has 0 aliphatic carbocycles. The molecule has 5 heteroatoms. The van der Waals surface area contributed by atoms with Gasteiger partial charge in [-0.3, -0.25) is 4.99 Å². The third kappa shape index (κ3) is 5.27. The summed E-state index contributed by atoms with van der Waals surface area (Å²) >= 11 is 7.07. The second-order valence-corrected chi connectivity index (χ2v) is 8.04. The van der Waals surface area contributed by atoms with Crippen LogP contribution in [-0.2, 0) is 6.61 Å². The Bertz CT molecular complexity index is 984. The van der Waals surface area contributed by atoms with Crippen molar-refractivity contribution >= 4 is 43.8 Å². The molecule has 0 fully saturated rings. The van der Waals surface area contributed by atoms with Crippen LogP contribution in [0.15, 0.2) is 68.5 Å². The van der Waals surface area contributed by atoms with Gasteiger partial charge in [-0.15, -0.1) is 0 Å². The summed E-state index contributed by atoms with van der Waals surface area (Å²) in [6.45, 7) is 4.42. The van der Waals surface area contributed by atoms with Crippen molar-refractivity contribution in [3.8, 4) is 5.75 Å². The van der Waals surface area contributed by atoms with E-state index in [4.69, 9.17) is 4.74 Å². The fourth-order valence-corrected chi connectivity index (χ4v) is 3.93. The van der Waals surface area contributed by atoms with E-state index in [0.717, 1.165) is 36.9 Å². The molecule has 3 aromatic carbocycles. The molecule has 0 saturated carbocycles. The van der Waals surface area contributed by atoms with Gasteiger partial charge in [-0.25, -0.2) is 4.39 Å². The first-order chi connectivity index (χ1) is 12.9. The fourth-order valence-electron chi connectivity index (χ4n) is 2.56. The van der Waals surface area contributed by atoms with E-state index in [1.54, 1.807) is 18.3 Å². The Morgan fingerprint density at radius 2 is 1.74 bits per heavy atom. The lowest BCUT2D eigenvalue weighted by atomic mass is 10.1. The number of halogens is 3. The Labute approximate surface area is 175 Å². The van der Waals surface area contributed by atoms with E-state index < -0.39 is 0 Å². The van der Waals surface area contributed by atoms with Crippen LogP contribution < -0.4 is 4.74 Å². The highest BCUT2D eigenvalue weighted by molar-refractivity contribution is 9.11. The van der Waals surface area contributed by atoms with E-state index in [9.17, 15) is 4.39 Å². The number of rotatable bonds is 5. The van der Waals surface area contributed by atoms with E-state index >= 15 is 0 Å². The Kier molecular flexibility index (Phi) is 6.45. The lowest BCUT2D eigenvalue weighted by Crippen LogP contribution is -2.00. The van der Waals surface area contributed by atoms with Gasteiger partial charge in [0.25, 0.3) is 0 Å². The number of nitrogens with zero attached hydrogens (tertiary/aromatic N) is 1. The van der Waals surface area contributed by atoms with Crippen LogP contribution in [0.3, 0.4) is 0 Å². The molecule has 0 radical (unpaired) electrons. The highest BCUT2D eigenvalue weighted by atomic mass is 79.9. The number of aliphatic imine (C=N–C) groups is 1. The molecular weight excluding hydrogens is 473 g/mol. The smallest absolute Gasteiger partial charge is 0.142 e. The van der Waals surface area contributed by atoms with Gasteiger partial charge < -0.3 is 4.74 Å². The molecule has 0 aliphatic rings. The maximum Gasteiger partial charge on any atom is 0.142 e. The molecule has 0 aliphatic heterocycles. The molecule has 0 unspecified atom stereocenters. The van der Waals surface area contributed by atoms with Crippen molar-refractivity contribution in [1.82, 2.24) is 0 Å². The van der Waals surface area contributed by atoms with Crippen LogP contribution >= 0.6 is 31.9 Å². The summed E-state index contributed by atoms with van der Waals surface area (Å²) in [7, 11) is 0. The van der Waals surface area contributed by atoms with Crippen molar-refractivity contribution in [2.75, 3.05) is 0 Å². The van der Waals surface area contributed by atoms with Crippen molar-refractivity contribution in [1.29, 1.82) is 0 Å². The van der Waals surface area contributed by atoms with Crippen LogP contribution in [0.1, 0.15) is 22.3 Å². The van der Waals surface area contributed by atoms with Crippen LogP contribution in [0, 0.1) is 19.7 Å². The van der Waals surface area contributed by atoms with Crippen LogP contribution in [-0.4, -0.2) is 6.21 Å². The molecule has 2 nitrogen and oxygen atoms in total. The van der Waals surface area contributed by atoms with E-state index in [-0.39, 0.29) is 5.82 Å². The highest BCUT2D eigenvalue weighted by Gasteiger charge is 2.10. The number of ether oxygens (including phenoxy) is 1. The van der Waals surface area contributed by atoms with Gasteiger partial charge >= 0.3 is 0 Å². The van der Waals surface area contributed by atoms with Gasteiger partial charge in [0.15, 0.2) is 0 Å². The van der Waals surface area contributed by atoms with Gasteiger partial charge in [0.1, 0.15) is 18.2 Å². The summed E-state index contributed by atoms with van der Waals surface area (Å²) in [5, 5.41) is 0. The lowest BCUT2D eigenvalue weighted by Gasteiger charge is -2.12. The Hall–Kier alpha value is -1.98. The number of benzene rings is 3. The minimum Gasteiger partial charge on any atom is -0.487 e. The van der Waals surface area contributed by atoms with E-state index in [0.29, 0.717) is 12.4 Å². The summed E-state index contributed by atoms with van der Waals surface area (Å²) in [6, 6.07) is 16.4. The van der Waals surface area contributed by atoms with Crippen LogP contribution in [0.5, 0.6) is 5.75 Å². The van der Waals surface area contributed by atoms with Crippen LogP contribution in [0.2, 0.25) is 0 Å². The van der Waals surface area contributed by atoms with E-state index in [1.807, 2.05) is 26.0 Å². The lowest BCUT2D eigenvalue weighted by molar-refractivity contribution is 0.303. The second kappa shape index (κ2) is 8.81. The van der Waals surface area contributed by atoms with E-state index in [2.05, 4.69) is 55.1 Å². The molecule has 0 atom stereocenters. The largest absolute Gasteiger partial charge is 0.487 e. The zero-order valence-electron chi connectivity index (χ0n) is 15.0. The molecule has 0 bridgehead atoms. The first kappa shape index (κ1) is 19.8. The minimum atomic E-state index is -0.259. The van der Waals surface area contributed by atoms with Gasteiger partial charge in [-0.1, -0.05) is 40.2 Å². The Balaban J connectivity index is 1.89. The maximum atomic E-state index is 13.1. The van der Waals surface area contributed by atoms with Crippen molar-refractivity contribution < 1.29 is 9.13 Å². The third-order valence-electron chi connectivity index (χ3n) is 4.04. The van der Waals surface area contributed by atoms with Crippen LogP contribution in [0.4, 0.5) is 10.1 Å².